The Morgan fingerprint density at radius 3 is 2.44 bits per heavy atom. The van der Waals surface area contributed by atoms with Crippen molar-refractivity contribution in [3.63, 3.8) is 0 Å². The van der Waals surface area contributed by atoms with Crippen LogP contribution in [0, 0.1) is 0 Å². The largest absolute Gasteiger partial charge is 0.493 e. The Balaban J connectivity index is 3.10. The van der Waals surface area contributed by atoms with Crippen molar-refractivity contribution in [2.45, 2.75) is 25.8 Å². The van der Waals surface area contributed by atoms with Gasteiger partial charge in [0.15, 0.2) is 11.5 Å². The predicted molar refractivity (Wildman–Crippen MR) is 66.6 cm³/mol. The second-order valence-electron chi connectivity index (χ2n) is 3.85. The summed E-state index contributed by atoms with van der Waals surface area (Å²) in [5.41, 5.74) is 0.417. The number of ether oxygens (including phenoxy) is 2. The van der Waals surface area contributed by atoms with E-state index in [0.717, 1.165) is 6.42 Å². The molecule has 0 bridgehead atoms. The SMILES string of the molecule is CCCNC(c1cccc(OC)c1OC)C(F)F. The lowest BCUT2D eigenvalue weighted by atomic mass is 10.1. The number of hydrogen-bond acceptors (Lipinski definition) is 3. The molecule has 0 amide bonds. The average molecular weight is 259 g/mol. The van der Waals surface area contributed by atoms with Gasteiger partial charge in [-0.2, -0.15) is 0 Å². The maximum Gasteiger partial charge on any atom is 0.257 e. The minimum atomic E-state index is -2.50. The van der Waals surface area contributed by atoms with Gasteiger partial charge in [-0.05, 0) is 19.0 Å². The lowest BCUT2D eigenvalue weighted by Gasteiger charge is -2.21. The fraction of sp³-hybridized carbons (Fsp3) is 0.538. The molecule has 1 N–H and O–H groups in total. The van der Waals surface area contributed by atoms with Crippen LogP contribution in [0.2, 0.25) is 0 Å². The predicted octanol–water partition coefficient (Wildman–Crippen LogP) is 3.01. The van der Waals surface area contributed by atoms with Gasteiger partial charge in [0.05, 0.1) is 20.3 Å². The van der Waals surface area contributed by atoms with Gasteiger partial charge in [0.2, 0.25) is 0 Å². The monoisotopic (exact) mass is 259 g/mol. The van der Waals surface area contributed by atoms with Gasteiger partial charge in [-0.15, -0.1) is 0 Å². The third kappa shape index (κ3) is 3.32. The maximum atomic E-state index is 13.1. The van der Waals surface area contributed by atoms with E-state index in [9.17, 15) is 8.78 Å². The van der Waals surface area contributed by atoms with Crippen molar-refractivity contribution >= 4 is 0 Å². The molecule has 5 heteroatoms. The van der Waals surface area contributed by atoms with E-state index in [0.29, 0.717) is 23.6 Å². The highest BCUT2D eigenvalue weighted by atomic mass is 19.3. The summed E-state index contributed by atoms with van der Waals surface area (Å²) in [7, 11) is 2.93. The molecule has 1 aromatic carbocycles. The van der Waals surface area contributed by atoms with Crippen LogP contribution in [0.3, 0.4) is 0 Å². The van der Waals surface area contributed by atoms with Crippen molar-refractivity contribution in [2.75, 3.05) is 20.8 Å². The standard InChI is InChI=1S/C13H19F2NO2/c1-4-8-16-11(13(14)15)9-6-5-7-10(17-2)12(9)18-3/h5-7,11,13,16H,4,8H2,1-3H3. The Labute approximate surface area is 106 Å². The van der Waals surface area contributed by atoms with Crippen LogP contribution < -0.4 is 14.8 Å². The number of hydrogen-bond donors (Lipinski definition) is 1. The number of alkyl halides is 2. The minimum Gasteiger partial charge on any atom is -0.493 e. The fourth-order valence-electron chi connectivity index (χ4n) is 1.79. The van der Waals surface area contributed by atoms with Crippen LogP contribution in [0.5, 0.6) is 11.5 Å². The van der Waals surface area contributed by atoms with E-state index in [2.05, 4.69) is 5.32 Å². The van der Waals surface area contributed by atoms with Crippen LogP contribution in [-0.2, 0) is 0 Å². The third-order valence-corrected chi connectivity index (χ3v) is 2.63. The Kier molecular flexibility index (Phi) is 5.85. The molecule has 0 saturated heterocycles. The number of benzene rings is 1. The summed E-state index contributed by atoms with van der Waals surface area (Å²) in [5, 5.41) is 2.83. The Hall–Kier alpha value is -1.36. The fourth-order valence-corrected chi connectivity index (χ4v) is 1.79. The first kappa shape index (κ1) is 14.7. The quantitative estimate of drug-likeness (QED) is 0.816. The van der Waals surface area contributed by atoms with Crippen LogP contribution in [-0.4, -0.2) is 27.2 Å². The molecule has 3 nitrogen and oxygen atoms in total. The molecule has 1 atom stereocenters. The number of nitrogens with one attached hydrogen (secondary N) is 1. The van der Waals surface area contributed by atoms with Crippen molar-refractivity contribution in [2.24, 2.45) is 0 Å². The zero-order valence-electron chi connectivity index (χ0n) is 10.9. The highest BCUT2D eigenvalue weighted by molar-refractivity contribution is 5.48. The highest BCUT2D eigenvalue weighted by Gasteiger charge is 2.26. The van der Waals surface area contributed by atoms with Crippen molar-refractivity contribution in [3.05, 3.63) is 23.8 Å². The molecule has 18 heavy (non-hydrogen) atoms. The third-order valence-electron chi connectivity index (χ3n) is 2.63. The van der Waals surface area contributed by atoms with Gasteiger partial charge in [0.25, 0.3) is 6.43 Å². The zero-order valence-corrected chi connectivity index (χ0v) is 10.9. The van der Waals surface area contributed by atoms with Gasteiger partial charge in [-0.3, -0.25) is 0 Å². The zero-order chi connectivity index (χ0) is 13.5. The van der Waals surface area contributed by atoms with E-state index >= 15 is 0 Å². The topological polar surface area (TPSA) is 30.5 Å². The molecule has 0 aliphatic rings. The summed E-state index contributed by atoms with van der Waals surface area (Å²) in [6.45, 7) is 2.45. The summed E-state index contributed by atoms with van der Waals surface area (Å²) in [6.07, 6.45) is -1.72. The summed E-state index contributed by atoms with van der Waals surface area (Å²) in [5.74, 6) is 0.813. The number of para-hydroxylation sites is 1. The van der Waals surface area contributed by atoms with E-state index in [-0.39, 0.29) is 0 Å². The molecule has 1 rings (SSSR count). The summed E-state index contributed by atoms with van der Waals surface area (Å²) in [6, 6.07) is 3.94. The Morgan fingerprint density at radius 1 is 1.22 bits per heavy atom. The van der Waals surface area contributed by atoms with Gasteiger partial charge >= 0.3 is 0 Å². The van der Waals surface area contributed by atoms with Crippen molar-refractivity contribution in [1.82, 2.24) is 5.32 Å². The van der Waals surface area contributed by atoms with Crippen molar-refractivity contribution < 1.29 is 18.3 Å². The summed E-state index contributed by atoms with van der Waals surface area (Å²) in [4.78, 5) is 0. The van der Waals surface area contributed by atoms with E-state index < -0.39 is 12.5 Å². The number of rotatable bonds is 7. The van der Waals surface area contributed by atoms with E-state index in [1.165, 1.54) is 14.2 Å². The maximum absolute atomic E-state index is 13.1. The average Bonchev–Trinajstić information content (AvgIpc) is 2.38. The van der Waals surface area contributed by atoms with Crippen molar-refractivity contribution in [1.29, 1.82) is 0 Å². The molecule has 1 unspecified atom stereocenters. The first-order valence-electron chi connectivity index (χ1n) is 5.88. The van der Waals surface area contributed by atoms with Gasteiger partial charge in [-0.25, -0.2) is 8.78 Å². The second-order valence-corrected chi connectivity index (χ2v) is 3.85. The van der Waals surface area contributed by atoms with E-state index in [4.69, 9.17) is 9.47 Å². The first-order chi connectivity index (χ1) is 8.65. The normalized spacial score (nSPS) is 12.6. The molecule has 0 radical (unpaired) electrons. The molecule has 1 aromatic rings. The highest BCUT2D eigenvalue weighted by Crippen LogP contribution is 2.36. The molecular formula is C13H19F2NO2. The second kappa shape index (κ2) is 7.16. The van der Waals surface area contributed by atoms with Gasteiger partial charge in [0.1, 0.15) is 0 Å². The van der Waals surface area contributed by atoms with Crippen LogP contribution >= 0.6 is 0 Å². The molecule has 0 spiro atoms. The Bertz CT molecular complexity index is 372. The minimum absolute atomic E-state index is 0.355. The van der Waals surface area contributed by atoms with E-state index in [1.54, 1.807) is 18.2 Å². The van der Waals surface area contributed by atoms with Crippen LogP contribution in [0.25, 0.3) is 0 Å². The van der Waals surface area contributed by atoms with Crippen LogP contribution in [0.15, 0.2) is 18.2 Å². The molecule has 0 fully saturated rings. The van der Waals surface area contributed by atoms with Crippen LogP contribution in [0.1, 0.15) is 24.9 Å². The molecule has 102 valence electrons. The van der Waals surface area contributed by atoms with Gasteiger partial charge < -0.3 is 14.8 Å². The summed E-state index contributed by atoms with van der Waals surface area (Å²) < 4.78 is 36.5. The van der Waals surface area contributed by atoms with E-state index in [1.807, 2.05) is 6.92 Å². The number of methoxy groups -OCH3 is 2. The van der Waals surface area contributed by atoms with Crippen LogP contribution in [0.4, 0.5) is 8.78 Å². The molecule has 0 saturated carbocycles. The lowest BCUT2D eigenvalue weighted by molar-refractivity contribution is 0.0969. The summed E-state index contributed by atoms with van der Waals surface area (Å²) >= 11 is 0. The number of halogens is 2. The molecule has 0 aliphatic heterocycles. The molecular weight excluding hydrogens is 240 g/mol. The first-order valence-corrected chi connectivity index (χ1v) is 5.88. The smallest absolute Gasteiger partial charge is 0.257 e. The van der Waals surface area contributed by atoms with Crippen molar-refractivity contribution in [3.8, 4) is 11.5 Å². The molecule has 0 aromatic heterocycles. The Morgan fingerprint density at radius 2 is 1.94 bits per heavy atom. The molecule has 0 heterocycles. The molecule has 0 aliphatic carbocycles. The lowest BCUT2D eigenvalue weighted by Crippen LogP contribution is -2.28. The van der Waals surface area contributed by atoms with Gasteiger partial charge in [0, 0.05) is 5.56 Å². The van der Waals surface area contributed by atoms with Gasteiger partial charge in [-0.1, -0.05) is 19.1 Å².